The summed E-state index contributed by atoms with van der Waals surface area (Å²) in [5, 5.41) is 12.1. The highest BCUT2D eigenvalue weighted by Gasteiger charge is 2.55. The van der Waals surface area contributed by atoms with Crippen LogP contribution in [0.15, 0.2) is 83.7 Å². The number of nitrogens with zero attached hydrogens (tertiary/aromatic N) is 5. The highest BCUT2D eigenvalue weighted by atomic mass is 31.2. The molecule has 1 amide bonds. The van der Waals surface area contributed by atoms with Gasteiger partial charge >= 0.3 is 0 Å². The topological polar surface area (TPSA) is 184 Å². The van der Waals surface area contributed by atoms with E-state index in [9.17, 15) is 14.9 Å². The van der Waals surface area contributed by atoms with E-state index in [0.29, 0.717) is 17.3 Å². The summed E-state index contributed by atoms with van der Waals surface area (Å²) in [4.78, 5) is 39.0. The fourth-order valence-corrected chi connectivity index (χ4v) is 11.3. The Balaban J connectivity index is 1.61. The van der Waals surface area contributed by atoms with Gasteiger partial charge in [0.15, 0.2) is 25.7 Å². The minimum absolute atomic E-state index is 0.0168. The maximum absolute atomic E-state index is 13.8. The lowest BCUT2D eigenvalue weighted by atomic mass is 9.80. The molecule has 6 rings (SSSR count). The van der Waals surface area contributed by atoms with Gasteiger partial charge in [0, 0.05) is 18.0 Å². The molecular formula is C51H70N7O9PSi. The largest absolute Gasteiger partial charge is 0.497 e. The van der Waals surface area contributed by atoms with Crippen molar-refractivity contribution in [2.75, 3.05) is 32.8 Å². The van der Waals surface area contributed by atoms with Crippen LogP contribution in [-0.4, -0.2) is 96.2 Å². The van der Waals surface area contributed by atoms with Crippen molar-refractivity contribution in [2.24, 2.45) is 5.92 Å². The number of fused-ring (bicyclic) bond motifs is 1. The normalized spacial score (nSPS) is 18.3. The van der Waals surface area contributed by atoms with Gasteiger partial charge in [0.25, 0.3) is 14.1 Å². The summed E-state index contributed by atoms with van der Waals surface area (Å²) in [5.74, 6) is 1.08. The number of ether oxygens (including phenoxy) is 4. The first-order valence-corrected chi connectivity index (χ1v) is 27.6. The summed E-state index contributed by atoms with van der Waals surface area (Å²) in [6.45, 7) is 24.6. The minimum Gasteiger partial charge on any atom is -0.497 e. The van der Waals surface area contributed by atoms with Crippen LogP contribution in [0.3, 0.4) is 0 Å². The molecule has 69 heavy (non-hydrogen) atoms. The van der Waals surface area contributed by atoms with E-state index in [-0.39, 0.29) is 65.7 Å². The van der Waals surface area contributed by atoms with Crippen molar-refractivity contribution in [1.82, 2.24) is 24.2 Å². The molecule has 18 heteroatoms. The molecule has 5 aromatic rings. The van der Waals surface area contributed by atoms with E-state index < -0.39 is 52.5 Å². The summed E-state index contributed by atoms with van der Waals surface area (Å²) >= 11 is 0. The number of hydrogen-bond donors (Lipinski definition) is 2. The Kier molecular flexibility index (Phi) is 17.3. The smallest absolute Gasteiger partial charge is 0.280 e. The molecule has 372 valence electrons. The van der Waals surface area contributed by atoms with E-state index in [1.165, 1.54) is 0 Å². The van der Waals surface area contributed by atoms with Crippen molar-refractivity contribution < 1.29 is 37.2 Å². The Morgan fingerprint density at radius 1 is 0.899 bits per heavy atom. The number of anilines is 1. The molecule has 3 heterocycles. The number of rotatable bonds is 21. The molecule has 5 atom stereocenters. The lowest BCUT2D eigenvalue weighted by Gasteiger charge is -2.42. The average Bonchev–Trinajstić information content (AvgIpc) is 3.81. The number of aryl methyl sites for hydroxylation is 1. The molecule has 0 aliphatic carbocycles. The highest BCUT2D eigenvalue weighted by molar-refractivity contribution is 7.44. The van der Waals surface area contributed by atoms with E-state index >= 15 is 0 Å². The third-order valence-electron chi connectivity index (χ3n) is 12.8. The second-order valence-electron chi connectivity index (χ2n) is 19.6. The van der Waals surface area contributed by atoms with Crippen molar-refractivity contribution in [3.05, 3.63) is 112 Å². The summed E-state index contributed by atoms with van der Waals surface area (Å²) in [5.41, 5.74) is 1.00. The number of carbonyl (C=O) groups is 1. The van der Waals surface area contributed by atoms with E-state index in [4.69, 9.17) is 42.4 Å². The molecule has 0 bridgehead atoms. The number of amides is 1. The van der Waals surface area contributed by atoms with Crippen molar-refractivity contribution in [3.8, 4) is 17.6 Å². The quantitative estimate of drug-likeness (QED) is 0.0307. The molecule has 16 nitrogen and oxygen atoms in total. The fourth-order valence-electron chi connectivity index (χ4n) is 8.22. The Morgan fingerprint density at radius 3 is 1.97 bits per heavy atom. The van der Waals surface area contributed by atoms with Crippen LogP contribution >= 0.6 is 8.53 Å². The number of hydrogen-bond acceptors (Lipinski definition) is 13. The molecular weight excluding hydrogens is 914 g/mol. The van der Waals surface area contributed by atoms with Gasteiger partial charge in [-0.05, 0) is 93.7 Å². The summed E-state index contributed by atoms with van der Waals surface area (Å²) in [7, 11) is -1.32. The van der Waals surface area contributed by atoms with Gasteiger partial charge in [-0.2, -0.15) is 10.2 Å². The van der Waals surface area contributed by atoms with Crippen LogP contribution in [0.25, 0.3) is 11.2 Å². The summed E-state index contributed by atoms with van der Waals surface area (Å²) in [6.07, 6.45) is -3.43. The zero-order valence-corrected chi connectivity index (χ0v) is 44.4. The third-order valence-corrected chi connectivity index (χ3v) is 19.4. The predicted molar refractivity (Wildman–Crippen MR) is 271 cm³/mol. The number of aromatic nitrogens is 4. The van der Waals surface area contributed by atoms with Gasteiger partial charge in [-0.1, -0.05) is 89.2 Å². The van der Waals surface area contributed by atoms with Gasteiger partial charge in [-0.15, -0.1) is 0 Å². The van der Waals surface area contributed by atoms with Gasteiger partial charge in [0.1, 0.15) is 41.2 Å². The average molecular weight is 984 g/mol. The second kappa shape index (κ2) is 22.4. The number of imidazole rings is 1. The fraction of sp³-hybridized carbons (Fsp3) is 0.510. The number of H-pyrrole nitrogens is 1. The molecule has 1 saturated heterocycles. The van der Waals surface area contributed by atoms with E-state index in [1.54, 1.807) is 39.6 Å². The van der Waals surface area contributed by atoms with Gasteiger partial charge in [0.05, 0.1) is 39.9 Å². The highest BCUT2D eigenvalue weighted by Crippen LogP contribution is 2.53. The number of carbonyl (C=O) groups excluding carboxylic acids is 1. The second-order valence-corrected chi connectivity index (χ2v) is 25.8. The van der Waals surface area contributed by atoms with Crippen molar-refractivity contribution in [3.63, 3.8) is 0 Å². The van der Waals surface area contributed by atoms with Crippen LogP contribution in [0, 0.1) is 24.2 Å². The predicted octanol–water partition coefficient (Wildman–Crippen LogP) is 10.00. The molecule has 0 saturated carbocycles. The SMILES string of the molecule is COc1ccc(C(OC[C@H]2O[C@@H](n3c(C)nc4c(=O)[nH]c(NC(=O)C(C)C)nc43)[C@H](O[Si](C)(C)C(C)(C)C)[C@@H]2OP(OCCC#N)N(C(C)C)C(C)C)(c2ccccc2)c2ccc(OC)cc2)cc1. The maximum atomic E-state index is 13.8. The van der Waals surface area contributed by atoms with E-state index in [1.807, 2.05) is 78.9 Å². The Hall–Kier alpha value is -5.02. The standard InChI is InChI=1S/C51H70N7O9PSi/c1-32(2)46(59)55-49-54-45-42(47(60)56-49)53-35(7)57(45)48-44(67-69(13,14)50(8,9)10)43(66-68(64-30-18-29-52)58(33(3)4)34(5)6)41(65-48)31-63-51(36-19-16-15-17-20-36,37-21-25-39(61-11)26-22-37)38-23-27-40(62-12)28-24-38/h15-17,19-28,32-34,41,43-44,48H,18,30-31H2,1-14H3,(H2,54,55,56,59,60)/t41-,43-,44-,48-,68?/m1/s1. The number of nitriles is 1. The van der Waals surface area contributed by atoms with Crippen molar-refractivity contribution in [1.29, 1.82) is 5.26 Å². The van der Waals surface area contributed by atoms with Crippen LogP contribution in [-0.2, 0) is 33.3 Å². The van der Waals surface area contributed by atoms with E-state index in [2.05, 4.69) is 82.6 Å². The zero-order chi connectivity index (χ0) is 50.4. The molecule has 1 aliphatic heterocycles. The molecule has 1 unspecified atom stereocenters. The number of aromatic amines is 1. The minimum atomic E-state index is -2.72. The molecule has 1 aliphatic rings. The van der Waals surface area contributed by atoms with E-state index in [0.717, 1.165) is 16.7 Å². The number of benzene rings is 3. The summed E-state index contributed by atoms with van der Waals surface area (Å²) in [6, 6.07) is 27.8. The number of nitrogens with one attached hydrogen (secondary N) is 2. The maximum Gasteiger partial charge on any atom is 0.280 e. The first-order chi connectivity index (χ1) is 32.7. The number of methoxy groups -OCH3 is 2. The van der Waals surface area contributed by atoms with Gasteiger partial charge in [-0.3, -0.25) is 24.5 Å². The van der Waals surface area contributed by atoms with Crippen LogP contribution in [0.2, 0.25) is 18.1 Å². The van der Waals surface area contributed by atoms with Crippen LogP contribution in [0.1, 0.15) is 97.5 Å². The van der Waals surface area contributed by atoms with Crippen molar-refractivity contribution >= 4 is 39.9 Å². The lowest BCUT2D eigenvalue weighted by molar-refractivity contribution is -0.118. The van der Waals surface area contributed by atoms with Crippen LogP contribution in [0.4, 0.5) is 5.95 Å². The van der Waals surface area contributed by atoms with Crippen LogP contribution in [0.5, 0.6) is 11.5 Å². The molecule has 0 spiro atoms. The van der Waals surface area contributed by atoms with Crippen molar-refractivity contribution in [2.45, 2.75) is 136 Å². The van der Waals surface area contributed by atoms with Gasteiger partial charge < -0.3 is 32.4 Å². The molecule has 2 N–H and O–H groups in total. The Bertz CT molecular complexity index is 2540. The van der Waals surface area contributed by atoms with Gasteiger partial charge in [-0.25, -0.2) is 9.65 Å². The molecule has 3 aromatic carbocycles. The third kappa shape index (κ3) is 11.6. The Morgan fingerprint density at radius 2 is 1.46 bits per heavy atom. The van der Waals surface area contributed by atoms with Gasteiger partial charge in [0.2, 0.25) is 11.9 Å². The zero-order valence-electron chi connectivity index (χ0n) is 42.5. The lowest BCUT2D eigenvalue weighted by Crippen LogP contribution is -2.50. The summed E-state index contributed by atoms with van der Waals surface area (Å²) < 4.78 is 51.6. The Labute approximate surface area is 409 Å². The first kappa shape index (κ1) is 53.3. The molecule has 2 aromatic heterocycles. The molecule has 0 radical (unpaired) electrons. The van der Waals surface area contributed by atoms with Crippen LogP contribution < -0.4 is 20.3 Å². The molecule has 1 fully saturated rings. The first-order valence-electron chi connectivity index (χ1n) is 23.5. The monoisotopic (exact) mass is 983 g/mol.